The van der Waals surface area contributed by atoms with E-state index in [0.717, 1.165) is 11.3 Å². The molecule has 1 aromatic carbocycles. The number of phenolic OH excluding ortho intramolecular Hbond substituents is 1. The van der Waals surface area contributed by atoms with E-state index in [9.17, 15) is 14.7 Å². The van der Waals surface area contributed by atoms with E-state index >= 15 is 0 Å². The Hall–Kier alpha value is -2.61. The summed E-state index contributed by atoms with van der Waals surface area (Å²) in [6.45, 7) is -0.538. The van der Waals surface area contributed by atoms with Crippen LogP contribution in [0.5, 0.6) is 5.75 Å². The number of carbonyl (C=O) groups is 2. The average Bonchev–Trinajstić information content (AvgIpc) is 3.06. The highest BCUT2D eigenvalue weighted by Crippen LogP contribution is 2.37. The third kappa shape index (κ3) is 2.98. The second-order valence-corrected chi connectivity index (χ2v) is 5.90. The van der Waals surface area contributed by atoms with Crippen LogP contribution in [-0.4, -0.2) is 44.4 Å². The highest BCUT2D eigenvalue weighted by molar-refractivity contribution is 8.02. The Labute approximate surface area is 135 Å². The number of hydrogen-bond acceptors (Lipinski definition) is 6. The number of carboxylic acids is 1. The second-order valence-electron chi connectivity index (χ2n) is 4.96. The Morgan fingerprint density at radius 1 is 1.30 bits per heavy atom. The van der Waals surface area contributed by atoms with E-state index < -0.39 is 18.4 Å². The number of nitrogens with zero attached hydrogens (tertiary/aromatic N) is 2. The van der Waals surface area contributed by atoms with Gasteiger partial charge in [0.15, 0.2) is 0 Å². The van der Waals surface area contributed by atoms with E-state index in [1.165, 1.54) is 18.5 Å². The van der Waals surface area contributed by atoms with Gasteiger partial charge in [0.05, 0.1) is 5.52 Å². The lowest BCUT2D eigenvalue weighted by Gasteiger charge is -2.14. The number of carboxylic acid groups (broad SMARTS) is 1. The smallest absolute Gasteiger partial charge is 0.322 e. The molecular formula is C15H13N3O4S. The molecule has 1 aliphatic heterocycles. The molecule has 1 atom stereocenters. The van der Waals surface area contributed by atoms with Crippen molar-refractivity contribution in [2.24, 2.45) is 0 Å². The van der Waals surface area contributed by atoms with Crippen molar-refractivity contribution in [3.05, 3.63) is 41.1 Å². The zero-order valence-electron chi connectivity index (χ0n) is 11.9. The minimum Gasteiger partial charge on any atom is -0.507 e. The Balaban J connectivity index is 2.11. The van der Waals surface area contributed by atoms with E-state index in [1.807, 2.05) is 11.5 Å². The van der Waals surface area contributed by atoms with Gasteiger partial charge in [-0.25, -0.2) is 0 Å². The molecule has 1 amide bonds. The van der Waals surface area contributed by atoms with Crippen LogP contribution in [0.3, 0.4) is 0 Å². The summed E-state index contributed by atoms with van der Waals surface area (Å²) in [7, 11) is 0. The molecule has 1 aliphatic rings. The third-order valence-electron chi connectivity index (χ3n) is 3.47. The molecule has 3 N–H and O–H groups in total. The molecule has 0 bridgehead atoms. The van der Waals surface area contributed by atoms with Crippen LogP contribution in [0.15, 0.2) is 29.9 Å². The second kappa shape index (κ2) is 6.25. The molecule has 2 heterocycles. The predicted octanol–water partition coefficient (Wildman–Crippen LogP) is 1.49. The monoisotopic (exact) mass is 331 g/mol. The molecule has 0 aliphatic carbocycles. The van der Waals surface area contributed by atoms with E-state index in [-0.39, 0.29) is 22.7 Å². The number of carbonyl (C=O) groups excluding carboxylic acids is 1. The first-order valence-electron chi connectivity index (χ1n) is 6.82. The minimum atomic E-state index is -1.17. The molecule has 0 saturated heterocycles. The van der Waals surface area contributed by atoms with E-state index in [1.54, 1.807) is 11.8 Å². The van der Waals surface area contributed by atoms with Crippen LogP contribution in [0.1, 0.15) is 21.8 Å². The van der Waals surface area contributed by atoms with Crippen molar-refractivity contribution in [3.8, 4) is 5.75 Å². The lowest BCUT2D eigenvalue weighted by Crippen LogP contribution is -2.29. The van der Waals surface area contributed by atoms with Gasteiger partial charge < -0.3 is 15.5 Å². The fraction of sp³-hybridized carbons (Fsp3) is 0.200. The summed E-state index contributed by atoms with van der Waals surface area (Å²) in [5, 5.41) is 23.2. The number of amides is 1. The fourth-order valence-electron chi connectivity index (χ4n) is 2.45. The zero-order chi connectivity index (χ0) is 16.4. The molecule has 2 aromatic rings. The first kappa shape index (κ1) is 15.3. The molecule has 0 fully saturated rings. The topological polar surface area (TPSA) is 112 Å². The van der Waals surface area contributed by atoms with Crippen LogP contribution in [0.25, 0.3) is 11.0 Å². The molecular weight excluding hydrogens is 318 g/mol. The molecule has 0 radical (unpaired) electrons. The summed E-state index contributed by atoms with van der Waals surface area (Å²) in [5.74, 6) is -1.19. The fourth-order valence-corrected chi connectivity index (χ4v) is 3.36. The molecule has 1 unspecified atom stereocenters. The Morgan fingerprint density at radius 2 is 2.04 bits per heavy atom. The number of allylic oxidation sites excluding steroid dienone is 1. The maximum absolute atomic E-state index is 12.2. The van der Waals surface area contributed by atoms with Gasteiger partial charge in [0.25, 0.3) is 5.91 Å². The third-order valence-corrected chi connectivity index (χ3v) is 4.37. The maximum atomic E-state index is 12.2. The number of benzene rings is 1. The molecule has 118 valence electrons. The zero-order valence-corrected chi connectivity index (χ0v) is 12.7. The number of thioether (sulfide) groups is 1. The predicted molar refractivity (Wildman–Crippen MR) is 85.5 cm³/mol. The number of hydrogen-bond donors (Lipinski definition) is 3. The van der Waals surface area contributed by atoms with E-state index in [2.05, 4.69) is 15.3 Å². The molecule has 7 nitrogen and oxygen atoms in total. The molecule has 0 spiro atoms. The number of fused-ring (bicyclic) bond motifs is 1. The van der Waals surface area contributed by atoms with Gasteiger partial charge in [0.1, 0.15) is 23.4 Å². The van der Waals surface area contributed by atoms with Crippen molar-refractivity contribution >= 4 is 34.7 Å². The van der Waals surface area contributed by atoms with Gasteiger partial charge in [-0.2, -0.15) is 0 Å². The summed E-state index contributed by atoms with van der Waals surface area (Å²) in [4.78, 5) is 31.2. The number of rotatable bonds is 4. The van der Waals surface area contributed by atoms with Gasteiger partial charge in [-0.15, -0.1) is 11.8 Å². The van der Waals surface area contributed by atoms with Crippen molar-refractivity contribution in [2.45, 2.75) is 5.92 Å². The average molecular weight is 331 g/mol. The van der Waals surface area contributed by atoms with Gasteiger partial charge in [0.2, 0.25) is 0 Å². The number of aliphatic carboxylic acids is 1. The minimum absolute atomic E-state index is 0.0623. The van der Waals surface area contributed by atoms with Gasteiger partial charge in [-0.3, -0.25) is 19.6 Å². The lowest BCUT2D eigenvalue weighted by molar-refractivity contribution is -0.135. The highest BCUT2D eigenvalue weighted by Gasteiger charge is 2.24. The first-order valence-corrected chi connectivity index (χ1v) is 7.87. The number of aromatic nitrogens is 2. The van der Waals surface area contributed by atoms with Crippen LogP contribution in [0, 0.1) is 0 Å². The van der Waals surface area contributed by atoms with Gasteiger partial charge in [0, 0.05) is 24.1 Å². The van der Waals surface area contributed by atoms with Crippen molar-refractivity contribution in [2.75, 3.05) is 12.3 Å². The van der Waals surface area contributed by atoms with Gasteiger partial charge >= 0.3 is 5.97 Å². The normalized spacial score (nSPS) is 16.6. The molecule has 8 heteroatoms. The highest BCUT2D eigenvalue weighted by atomic mass is 32.2. The summed E-state index contributed by atoms with van der Waals surface area (Å²) < 4.78 is 0. The first-order chi connectivity index (χ1) is 11.1. The summed E-state index contributed by atoms with van der Waals surface area (Å²) in [5.41, 5.74) is 1.52. The van der Waals surface area contributed by atoms with Crippen molar-refractivity contribution < 1.29 is 19.8 Å². The summed E-state index contributed by atoms with van der Waals surface area (Å²) >= 11 is 1.66. The SMILES string of the molecule is O=C(O)CNC(=O)c1c(O)cc(C2C=CSC2)c2nccnc12. The van der Waals surface area contributed by atoms with Crippen molar-refractivity contribution in [1.82, 2.24) is 15.3 Å². The number of nitrogens with one attached hydrogen (secondary N) is 1. The molecule has 0 saturated carbocycles. The van der Waals surface area contributed by atoms with Crippen molar-refractivity contribution in [3.63, 3.8) is 0 Å². The van der Waals surface area contributed by atoms with Gasteiger partial charge in [-0.05, 0) is 17.0 Å². The summed E-state index contributed by atoms with van der Waals surface area (Å²) in [6.07, 6.45) is 4.96. The summed E-state index contributed by atoms with van der Waals surface area (Å²) in [6, 6.07) is 1.51. The molecule has 23 heavy (non-hydrogen) atoms. The van der Waals surface area contributed by atoms with Crippen molar-refractivity contribution in [1.29, 1.82) is 0 Å². The maximum Gasteiger partial charge on any atom is 0.322 e. The quantitative estimate of drug-likeness (QED) is 0.778. The molecule has 3 rings (SSSR count). The van der Waals surface area contributed by atoms with Crippen LogP contribution in [0.4, 0.5) is 0 Å². The number of phenols is 1. The Bertz CT molecular complexity index is 822. The Morgan fingerprint density at radius 3 is 2.70 bits per heavy atom. The molecule has 1 aromatic heterocycles. The van der Waals surface area contributed by atoms with Gasteiger partial charge in [-0.1, -0.05) is 6.08 Å². The van der Waals surface area contributed by atoms with E-state index in [0.29, 0.717) is 5.52 Å². The lowest BCUT2D eigenvalue weighted by atomic mass is 9.96. The van der Waals surface area contributed by atoms with Crippen LogP contribution in [-0.2, 0) is 4.79 Å². The van der Waals surface area contributed by atoms with Crippen LogP contribution >= 0.6 is 11.8 Å². The van der Waals surface area contributed by atoms with Crippen LogP contribution < -0.4 is 5.32 Å². The Kier molecular flexibility index (Phi) is 4.16. The van der Waals surface area contributed by atoms with E-state index in [4.69, 9.17) is 5.11 Å². The largest absolute Gasteiger partial charge is 0.507 e. The number of aromatic hydroxyl groups is 1. The standard InChI is InChI=1S/C15H13N3O4S/c19-10-5-9(8-1-4-23-7-8)13-14(17-3-2-16-13)12(10)15(22)18-6-11(20)21/h1-5,8,19H,6-7H2,(H,18,22)(H,20,21). The van der Waals surface area contributed by atoms with Crippen LogP contribution in [0.2, 0.25) is 0 Å².